The molecule has 90 valence electrons. The molecule has 2 aromatic heterocycles. The first-order chi connectivity index (χ1) is 8.13. The first-order valence-electron chi connectivity index (χ1n) is 5.69. The van der Waals surface area contributed by atoms with Crippen molar-refractivity contribution in [3.63, 3.8) is 0 Å². The van der Waals surface area contributed by atoms with Gasteiger partial charge in [-0.25, -0.2) is 4.98 Å². The molecular weight excluding hydrogens is 214 g/mol. The van der Waals surface area contributed by atoms with Crippen molar-refractivity contribution in [3.8, 4) is 17.1 Å². The van der Waals surface area contributed by atoms with Crippen molar-refractivity contribution < 1.29 is 4.74 Å². The standard InChI is InChI=1S/C13H17N3O/c1-9(2)16-11(7-8-14-16)13-12(17-4)6-5-10(3)15-13/h5-9H,1-4H3. The molecule has 4 heteroatoms. The molecule has 2 rings (SSSR count). The Balaban J connectivity index is 2.59. The highest BCUT2D eigenvalue weighted by atomic mass is 16.5. The second kappa shape index (κ2) is 4.57. The maximum Gasteiger partial charge on any atom is 0.146 e. The van der Waals surface area contributed by atoms with Gasteiger partial charge in [-0.1, -0.05) is 0 Å². The average Bonchev–Trinajstić information content (AvgIpc) is 2.77. The number of hydrogen-bond donors (Lipinski definition) is 0. The molecule has 0 atom stereocenters. The molecule has 0 aliphatic carbocycles. The molecule has 0 amide bonds. The summed E-state index contributed by atoms with van der Waals surface area (Å²) in [7, 11) is 1.66. The fraction of sp³-hybridized carbons (Fsp3) is 0.385. The summed E-state index contributed by atoms with van der Waals surface area (Å²) in [5, 5.41) is 4.32. The Morgan fingerprint density at radius 2 is 2.00 bits per heavy atom. The Bertz CT molecular complexity index is 517. The number of nitrogens with zero attached hydrogens (tertiary/aromatic N) is 3. The summed E-state index contributed by atoms with van der Waals surface area (Å²) in [6.07, 6.45) is 1.79. The van der Waals surface area contributed by atoms with Gasteiger partial charge in [-0.3, -0.25) is 4.68 Å². The van der Waals surface area contributed by atoms with Crippen LogP contribution < -0.4 is 4.74 Å². The van der Waals surface area contributed by atoms with Crippen molar-refractivity contribution in [2.45, 2.75) is 26.8 Å². The van der Waals surface area contributed by atoms with Gasteiger partial charge < -0.3 is 4.74 Å². The summed E-state index contributed by atoms with van der Waals surface area (Å²) < 4.78 is 7.30. The number of hydrogen-bond acceptors (Lipinski definition) is 3. The van der Waals surface area contributed by atoms with Crippen LogP contribution in [-0.2, 0) is 0 Å². The van der Waals surface area contributed by atoms with E-state index in [2.05, 4.69) is 23.9 Å². The highest BCUT2D eigenvalue weighted by molar-refractivity contribution is 5.63. The van der Waals surface area contributed by atoms with Gasteiger partial charge in [0.25, 0.3) is 0 Å². The lowest BCUT2D eigenvalue weighted by molar-refractivity contribution is 0.413. The molecule has 0 fully saturated rings. The third kappa shape index (κ3) is 2.16. The maximum atomic E-state index is 5.36. The number of aryl methyl sites for hydroxylation is 1. The summed E-state index contributed by atoms with van der Waals surface area (Å²) in [5.41, 5.74) is 2.80. The van der Waals surface area contributed by atoms with Gasteiger partial charge in [0.05, 0.1) is 12.8 Å². The normalized spacial score (nSPS) is 10.9. The van der Waals surface area contributed by atoms with Gasteiger partial charge in [0, 0.05) is 17.9 Å². The minimum Gasteiger partial charge on any atom is -0.494 e. The van der Waals surface area contributed by atoms with Gasteiger partial charge in [-0.05, 0) is 39.0 Å². The molecule has 4 nitrogen and oxygen atoms in total. The van der Waals surface area contributed by atoms with E-state index in [9.17, 15) is 0 Å². The Morgan fingerprint density at radius 1 is 1.24 bits per heavy atom. The summed E-state index contributed by atoms with van der Waals surface area (Å²) in [5.74, 6) is 0.776. The number of methoxy groups -OCH3 is 1. The zero-order valence-corrected chi connectivity index (χ0v) is 10.6. The smallest absolute Gasteiger partial charge is 0.146 e. The largest absolute Gasteiger partial charge is 0.494 e. The van der Waals surface area contributed by atoms with E-state index < -0.39 is 0 Å². The van der Waals surface area contributed by atoms with Crippen LogP contribution in [0.15, 0.2) is 24.4 Å². The van der Waals surface area contributed by atoms with Crippen molar-refractivity contribution in [1.29, 1.82) is 0 Å². The zero-order valence-electron chi connectivity index (χ0n) is 10.6. The van der Waals surface area contributed by atoms with Crippen LogP contribution in [-0.4, -0.2) is 21.9 Å². The molecule has 0 aliphatic heterocycles. The first kappa shape index (κ1) is 11.6. The average molecular weight is 231 g/mol. The second-order valence-corrected chi connectivity index (χ2v) is 4.26. The minimum absolute atomic E-state index is 0.298. The van der Waals surface area contributed by atoms with Crippen LogP contribution in [0, 0.1) is 6.92 Å². The number of ether oxygens (including phenoxy) is 1. The molecule has 2 aromatic rings. The molecule has 0 aromatic carbocycles. The van der Waals surface area contributed by atoms with Crippen molar-refractivity contribution in [3.05, 3.63) is 30.1 Å². The lowest BCUT2D eigenvalue weighted by Gasteiger charge is -2.13. The van der Waals surface area contributed by atoms with Crippen molar-refractivity contribution in [1.82, 2.24) is 14.8 Å². The van der Waals surface area contributed by atoms with E-state index in [1.807, 2.05) is 29.8 Å². The predicted molar refractivity (Wildman–Crippen MR) is 67.1 cm³/mol. The van der Waals surface area contributed by atoms with Gasteiger partial charge in [0.1, 0.15) is 11.4 Å². The van der Waals surface area contributed by atoms with Crippen molar-refractivity contribution >= 4 is 0 Å². The number of aromatic nitrogens is 3. The van der Waals surface area contributed by atoms with Crippen LogP contribution in [0.1, 0.15) is 25.6 Å². The molecule has 0 saturated heterocycles. The Morgan fingerprint density at radius 3 is 2.65 bits per heavy atom. The van der Waals surface area contributed by atoms with Crippen LogP contribution in [0.25, 0.3) is 11.4 Å². The Labute approximate surface area is 101 Å². The summed E-state index contributed by atoms with van der Waals surface area (Å²) in [6.45, 7) is 6.16. The van der Waals surface area contributed by atoms with Crippen molar-refractivity contribution in [2.24, 2.45) is 0 Å². The molecule has 0 radical (unpaired) electrons. The second-order valence-electron chi connectivity index (χ2n) is 4.26. The van der Waals surface area contributed by atoms with Crippen LogP contribution in [0.2, 0.25) is 0 Å². The number of pyridine rings is 1. The van der Waals surface area contributed by atoms with E-state index in [1.54, 1.807) is 13.3 Å². The van der Waals surface area contributed by atoms with Crippen LogP contribution in [0.3, 0.4) is 0 Å². The third-order valence-electron chi connectivity index (χ3n) is 2.62. The van der Waals surface area contributed by atoms with Crippen LogP contribution in [0.5, 0.6) is 5.75 Å². The fourth-order valence-electron chi connectivity index (χ4n) is 1.81. The topological polar surface area (TPSA) is 39.9 Å². The molecular formula is C13H17N3O. The van der Waals surface area contributed by atoms with Crippen LogP contribution >= 0.6 is 0 Å². The molecule has 0 aliphatic rings. The fourth-order valence-corrected chi connectivity index (χ4v) is 1.81. The Hall–Kier alpha value is -1.84. The summed E-state index contributed by atoms with van der Waals surface area (Å²) >= 11 is 0. The molecule has 0 bridgehead atoms. The lowest BCUT2D eigenvalue weighted by Crippen LogP contribution is -2.06. The van der Waals surface area contributed by atoms with E-state index >= 15 is 0 Å². The van der Waals surface area contributed by atoms with E-state index in [0.717, 1.165) is 22.8 Å². The van der Waals surface area contributed by atoms with Gasteiger partial charge >= 0.3 is 0 Å². The molecule has 0 spiro atoms. The first-order valence-corrected chi connectivity index (χ1v) is 5.69. The molecule has 2 heterocycles. The lowest BCUT2D eigenvalue weighted by atomic mass is 10.2. The summed E-state index contributed by atoms with van der Waals surface area (Å²) in [4.78, 5) is 4.54. The monoisotopic (exact) mass is 231 g/mol. The van der Waals surface area contributed by atoms with Gasteiger partial charge in [0.2, 0.25) is 0 Å². The maximum absolute atomic E-state index is 5.36. The molecule has 0 unspecified atom stereocenters. The highest BCUT2D eigenvalue weighted by Gasteiger charge is 2.14. The van der Waals surface area contributed by atoms with E-state index in [-0.39, 0.29) is 0 Å². The summed E-state index contributed by atoms with van der Waals surface area (Å²) in [6, 6.07) is 6.14. The third-order valence-corrected chi connectivity index (χ3v) is 2.62. The van der Waals surface area contributed by atoms with Gasteiger partial charge in [0.15, 0.2) is 0 Å². The number of rotatable bonds is 3. The van der Waals surface area contributed by atoms with E-state index in [0.29, 0.717) is 6.04 Å². The molecule has 17 heavy (non-hydrogen) atoms. The zero-order chi connectivity index (χ0) is 12.4. The Kier molecular flexibility index (Phi) is 3.13. The quantitative estimate of drug-likeness (QED) is 0.815. The predicted octanol–water partition coefficient (Wildman–Crippen LogP) is 2.84. The SMILES string of the molecule is COc1ccc(C)nc1-c1ccnn1C(C)C. The van der Waals surface area contributed by atoms with Gasteiger partial charge in [-0.15, -0.1) is 0 Å². The molecule has 0 saturated carbocycles. The van der Waals surface area contributed by atoms with Gasteiger partial charge in [-0.2, -0.15) is 5.10 Å². The van der Waals surface area contributed by atoms with E-state index in [1.165, 1.54) is 0 Å². The van der Waals surface area contributed by atoms with Crippen molar-refractivity contribution in [2.75, 3.05) is 7.11 Å². The van der Waals surface area contributed by atoms with Crippen LogP contribution in [0.4, 0.5) is 0 Å². The molecule has 0 N–H and O–H groups in total. The minimum atomic E-state index is 0.298. The van der Waals surface area contributed by atoms with E-state index in [4.69, 9.17) is 4.74 Å². The highest BCUT2D eigenvalue weighted by Crippen LogP contribution is 2.29.